The maximum Gasteiger partial charge on any atom is 0.139 e. The van der Waals surface area contributed by atoms with Gasteiger partial charge in [-0.25, -0.2) is 9.37 Å². The summed E-state index contributed by atoms with van der Waals surface area (Å²) in [4.78, 5) is 4.49. The number of halogens is 4. The van der Waals surface area contributed by atoms with Crippen molar-refractivity contribution in [3.05, 3.63) is 56.5 Å². The van der Waals surface area contributed by atoms with Crippen molar-refractivity contribution < 1.29 is 4.39 Å². The van der Waals surface area contributed by atoms with E-state index < -0.39 is 0 Å². The average Bonchev–Trinajstić information content (AvgIpc) is 2.79. The lowest BCUT2D eigenvalue weighted by molar-refractivity contribution is 0.622. The molecular formula is C15H10Br2ClFN2. The zero-order valence-corrected chi connectivity index (χ0v) is 14.9. The highest BCUT2D eigenvalue weighted by Crippen LogP contribution is 2.31. The molecule has 0 atom stereocenters. The van der Waals surface area contributed by atoms with Gasteiger partial charge in [0.1, 0.15) is 11.6 Å². The van der Waals surface area contributed by atoms with Crippen LogP contribution in [0, 0.1) is 12.7 Å². The Hall–Kier alpha value is -0.910. The molecule has 1 heterocycles. The van der Waals surface area contributed by atoms with Crippen molar-refractivity contribution in [1.82, 2.24) is 9.55 Å². The molecule has 1 aromatic heterocycles. The summed E-state index contributed by atoms with van der Waals surface area (Å²) >= 11 is 12.7. The molecule has 0 N–H and O–H groups in total. The summed E-state index contributed by atoms with van der Waals surface area (Å²) in [5.74, 6) is 0.595. The van der Waals surface area contributed by atoms with Crippen molar-refractivity contribution in [2.24, 2.45) is 0 Å². The van der Waals surface area contributed by atoms with E-state index in [4.69, 9.17) is 11.6 Å². The molecule has 3 rings (SSSR count). The molecule has 0 saturated carbocycles. The van der Waals surface area contributed by atoms with Gasteiger partial charge in [-0.15, -0.1) is 11.6 Å². The van der Waals surface area contributed by atoms with Crippen LogP contribution in [0.2, 0.25) is 0 Å². The summed E-state index contributed by atoms with van der Waals surface area (Å²) in [7, 11) is 0. The molecule has 0 spiro atoms. The average molecular weight is 433 g/mol. The molecule has 2 aromatic carbocycles. The maximum atomic E-state index is 13.9. The van der Waals surface area contributed by atoms with Crippen molar-refractivity contribution in [2.45, 2.75) is 12.8 Å². The van der Waals surface area contributed by atoms with Crippen molar-refractivity contribution in [3.63, 3.8) is 0 Å². The summed E-state index contributed by atoms with van der Waals surface area (Å²) in [6.07, 6.45) is 0. The molecule has 0 fully saturated rings. The third-order valence-corrected chi connectivity index (χ3v) is 4.75. The Morgan fingerprint density at radius 3 is 2.67 bits per heavy atom. The Morgan fingerprint density at radius 2 is 1.95 bits per heavy atom. The minimum atomic E-state index is -0.325. The molecule has 0 unspecified atom stereocenters. The van der Waals surface area contributed by atoms with Gasteiger partial charge < -0.3 is 0 Å². The Morgan fingerprint density at radius 1 is 1.19 bits per heavy atom. The molecule has 21 heavy (non-hydrogen) atoms. The third-order valence-electron chi connectivity index (χ3n) is 3.23. The van der Waals surface area contributed by atoms with Crippen molar-refractivity contribution >= 4 is 54.5 Å². The summed E-state index contributed by atoms with van der Waals surface area (Å²) in [6, 6.07) is 9.12. The largest absolute Gasteiger partial charge is 0.294 e. The zero-order valence-electron chi connectivity index (χ0n) is 11.0. The molecule has 0 saturated heterocycles. The van der Waals surface area contributed by atoms with Crippen molar-refractivity contribution in [3.8, 4) is 5.69 Å². The second kappa shape index (κ2) is 5.71. The topological polar surface area (TPSA) is 17.8 Å². The van der Waals surface area contributed by atoms with Crippen LogP contribution >= 0.6 is 43.5 Å². The van der Waals surface area contributed by atoms with Crippen LogP contribution in [0.1, 0.15) is 11.4 Å². The van der Waals surface area contributed by atoms with E-state index in [-0.39, 0.29) is 11.7 Å². The van der Waals surface area contributed by atoms with Gasteiger partial charge in [0.15, 0.2) is 0 Å². The van der Waals surface area contributed by atoms with Crippen LogP contribution in [0.15, 0.2) is 39.3 Å². The number of aromatic nitrogens is 2. The first kappa shape index (κ1) is 15.0. The lowest BCUT2D eigenvalue weighted by atomic mass is 10.2. The number of benzene rings is 2. The smallest absolute Gasteiger partial charge is 0.139 e. The number of aryl methyl sites for hydroxylation is 1. The summed E-state index contributed by atoms with van der Waals surface area (Å²) in [6.45, 7) is 2.01. The standard InChI is InChI=1S/C15H10Br2ClFN2/c1-8-2-3-9(16)13(4-8)21-14-6-11(19)10(17)5-12(14)20-15(21)7-18/h2-6H,7H2,1H3. The third kappa shape index (κ3) is 2.62. The fraction of sp³-hybridized carbons (Fsp3) is 0.133. The molecular weight excluding hydrogens is 422 g/mol. The van der Waals surface area contributed by atoms with E-state index in [0.717, 1.165) is 15.7 Å². The van der Waals surface area contributed by atoms with Crippen LogP contribution in [0.4, 0.5) is 4.39 Å². The molecule has 0 aliphatic carbocycles. The van der Waals surface area contributed by atoms with E-state index in [0.29, 0.717) is 21.3 Å². The predicted octanol–water partition coefficient (Wildman–Crippen LogP) is 5.74. The minimum absolute atomic E-state index is 0.244. The number of imidazole rings is 1. The minimum Gasteiger partial charge on any atom is -0.294 e. The highest BCUT2D eigenvalue weighted by Gasteiger charge is 2.16. The van der Waals surface area contributed by atoms with Gasteiger partial charge in [-0.2, -0.15) is 0 Å². The Bertz CT molecular complexity index is 845. The Balaban J connectivity index is 2.40. The highest BCUT2D eigenvalue weighted by atomic mass is 79.9. The number of hydrogen-bond donors (Lipinski definition) is 0. The Labute approximate surface area is 143 Å². The van der Waals surface area contributed by atoms with Gasteiger partial charge in [0, 0.05) is 10.5 Å². The first-order chi connectivity index (χ1) is 10.0. The number of nitrogens with zero attached hydrogens (tertiary/aromatic N) is 2. The fourth-order valence-electron chi connectivity index (χ4n) is 2.28. The quantitative estimate of drug-likeness (QED) is 0.473. The van der Waals surface area contributed by atoms with E-state index in [1.807, 2.05) is 29.7 Å². The summed E-state index contributed by atoms with van der Waals surface area (Å²) < 4.78 is 17.1. The van der Waals surface area contributed by atoms with E-state index >= 15 is 0 Å². The highest BCUT2D eigenvalue weighted by molar-refractivity contribution is 9.10. The normalized spacial score (nSPS) is 11.3. The number of fused-ring (bicyclic) bond motifs is 1. The molecule has 6 heteroatoms. The molecule has 0 bridgehead atoms. The monoisotopic (exact) mass is 430 g/mol. The molecule has 108 valence electrons. The molecule has 0 amide bonds. The van der Waals surface area contributed by atoms with Crippen LogP contribution in [0.5, 0.6) is 0 Å². The molecule has 3 aromatic rings. The van der Waals surface area contributed by atoms with Gasteiger partial charge in [-0.1, -0.05) is 6.07 Å². The van der Waals surface area contributed by atoms with Gasteiger partial charge in [0.2, 0.25) is 0 Å². The van der Waals surface area contributed by atoms with Crippen molar-refractivity contribution in [2.75, 3.05) is 0 Å². The van der Waals surface area contributed by atoms with Crippen LogP contribution in [0.25, 0.3) is 16.7 Å². The van der Waals surface area contributed by atoms with E-state index in [1.165, 1.54) is 6.07 Å². The first-order valence-electron chi connectivity index (χ1n) is 6.20. The predicted molar refractivity (Wildman–Crippen MR) is 90.7 cm³/mol. The molecule has 0 radical (unpaired) electrons. The van der Waals surface area contributed by atoms with Crippen LogP contribution in [-0.4, -0.2) is 9.55 Å². The van der Waals surface area contributed by atoms with Gasteiger partial charge >= 0.3 is 0 Å². The first-order valence-corrected chi connectivity index (χ1v) is 8.32. The van der Waals surface area contributed by atoms with Crippen LogP contribution in [0.3, 0.4) is 0 Å². The van der Waals surface area contributed by atoms with Crippen molar-refractivity contribution in [1.29, 1.82) is 0 Å². The van der Waals surface area contributed by atoms with E-state index in [1.54, 1.807) is 6.07 Å². The lowest BCUT2D eigenvalue weighted by Crippen LogP contribution is -2.01. The lowest BCUT2D eigenvalue weighted by Gasteiger charge is -2.11. The Kier molecular flexibility index (Phi) is 4.08. The van der Waals surface area contributed by atoms with Gasteiger partial charge in [-0.05, 0) is 62.5 Å². The van der Waals surface area contributed by atoms with Crippen LogP contribution < -0.4 is 0 Å². The molecule has 0 aliphatic heterocycles. The second-order valence-electron chi connectivity index (χ2n) is 4.71. The number of rotatable bonds is 2. The van der Waals surface area contributed by atoms with Gasteiger partial charge in [0.05, 0.1) is 27.1 Å². The maximum absolute atomic E-state index is 13.9. The molecule has 2 nitrogen and oxygen atoms in total. The summed E-state index contributed by atoms with van der Waals surface area (Å²) in [5, 5.41) is 0. The van der Waals surface area contributed by atoms with E-state index in [2.05, 4.69) is 36.8 Å². The SMILES string of the molecule is Cc1ccc(Br)c(-n2c(CCl)nc3cc(Br)c(F)cc32)c1. The van der Waals surface area contributed by atoms with E-state index in [9.17, 15) is 4.39 Å². The number of alkyl halides is 1. The molecule has 0 aliphatic rings. The van der Waals surface area contributed by atoms with Gasteiger partial charge in [-0.3, -0.25) is 4.57 Å². The number of hydrogen-bond acceptors (Lipinski definition) is 1. The summed E-state index contributed by atoms with van der Waals surface area (Å²) in [5.41, 5.74) is 3.40. The fourth-order valence-corrected chi connectivity index (χ4v) is 3.21. The van der Waals surface area contributed by atoms with Gasteiger partial charge in [0.25, 0.3) is 0 Å². The second-order valence-corrected chi connectivity index (χ2v) is 6.68. The van der Waals surface area contributed by atoms with Crippen LogP contribution in [-0.2, 0) is 5.88 Å². The zero-order chi connectivity index (χ0) is 15.1.